The van der Waals surface area contributed by atoms with Gasteiger partial charge in [-0.2, -0.15) is 0 Å². The molecule has 0 aliphatic heterocycles. The second-order valence-electron chi connectivity index (χ2n) is 10.5. The van der Waals surface area contributed by atoms with Crippen LogP contribution in [0.2, 0.25) is 5.02 Å². The zero-order valence-corrected chi connectivity index (χ0v) is 22.8. The first kappa shape index (κ1) is 27.3. The van der Waals surface area contributed by atoms with Crippen LogP contribution in [0.3, 0.4) is 0 Å². The first-order valence-electron chi connectivity index (χ1n) is 12.2. The first-order chi connectivity index (χ1) is 17.0. The summed E-state index contributed by atoms with van der Waals surface area (Å²) in [6.07, 6.45) is 0.435. The number of nitrogens with one attached hydrogen (secondary N) is 1. The maximum atomic E-state index is 13.6. The predicted octanol–water partition coefficient (Wildman–Crippen LogP) is 7.18. The lowest BCUT2D eigenvalue weighted by Gasteiger charge is -2.33. The lowest BCUT2D eigenvalue weighted by Crippen LogP contribution is -2.35. The van der Waals surface area contributed by atoms with Gasteiger partial charge in [0.1, 0.15) is 0 Å². The molecule has 0 bridgehead atoms. The van der Waals surface area contributed by atoms with Gasteiger partial charge in [-0.05, 0) is 53.8 Å². The van der Waals surface area contributed by atoms with Crippen molar-refractivity contribution in [2.75, 3.05) is 24.3 Å². The number of rotatable bonds is 8. The monoisotopic (exact) mass is 505 g/mol. The zero-order valence-electron chi connectivity index (χ0n) is 22.0. The molecule has 3 aromatic carbocycles. The van der Waals surface area contributed by atoms with E-state index in [9.17, 15) is 9.59 Å². The lowest BCUT2D eigenvalue weighted by atomic mass is 9.91. The van der Waals surface area contributed by atoms with Gasteiger partial charge in [0.25, 0.3) is 5.91 Å². The molecule has 0 aliphatic rings. The number of carbonyl (C=O) groups is 2. The Kier molecular flexibility index (Phi) is 8.80. The fraction of sp³-hybridized carbons (Fsp3) is 0.333. The fourth-order valence-electron chi connectivity index (χ4n) is 4.16. The molecule has 5 nitrogen and oxygen atoms in total. The van der Waals surface area contributed by atoms with E-state index in [0.29, 0.717) is 29.2 Å². The van der Waals surface area contributed by atoms with Crippen molar-refractivity contribution in [3.63, 3.8) is 0 Å². The molecule has 6 heteroatoms. The van der Waals surface area contributed by atoms with Gasteiger partial charge in [-0.15, -0.1) is 0 Å². The fourth-order valence-corrected chi connectivity index (χ4v) is 4.38. The van der Waals surface area contributed by atoms with Gasteiger partial charge >= 0.3 is 0 Å². The molecule has 1 atom stereocenters. The van der Waals surface area contributed by atoms with Gasteiger partial charge in [-0.1, -0.05) is 74.8 Å². The second kappa shape index (κ2) is 11.6. The Hall–Kier alpha value is -3.31. The number of hydrogen-bond acceptors (Lipinski definition) is 3. The summed E-state index contributed by atoms with van der Waals surface area (Å²) < 4.78 is 0. The number of carbonyl (C=O) groups excluding carboxylic acids is 2. The van der Waals surface area contributed by atoms with E-state index in [-0.39, 0.29) is 23.3 Å². The summed E-state index contributed by atoms with van der Waals surface area (Å²) in [5.41, 5.74) is 3.94. The van der Waals surface area contributed by atoms with Crippen LogP contribution in [0.5, 0.6) is 0 Å². The van der Waals surface area contributed by atoms with Gasteiger partial charge in [0.2, 0.25) is 5.91 Å². The molecule has 3 rings (SSSR count). The molecule has 1 N–H and O–H groups in total. The lowest BCUT2D eigenvalue weighted by molar-refractivity contribution is -0.136. The number of amides is 2. The molecule has 0 spiro atoms. The Balaban J connectivity index is 1.96. The SMILES string of the molecule is CC(c1ccccc1)N(Cc1cc(NC(=O)c2ccccc2Cl)ccc1N(C)C)C(=O)CC(C)(C)C. The van der Waals surface area contributed by atoms with Gasteiger partial charge in [0.05, 0.1) is 16.6 Å². The van der Waals surface area contributed by atoms with Crippen molar-refractivity contribution in [1.29, 1.82) is 0 Å². The van der Waals surface area contributed by atoms with Crippen molar-refractivity contribution < 1.29 is 9.59 Å². The summed E-state index contributed by atoms with van der Waals surface area (Å²) in [7, 11) is 3.95. The molecule has 190 valence electrons. The minimum absolute atomic E-state index is 0.0917. The van der Waals surface area contributed by atoms with Crippen molar-refractivity contribution in [3.8, 4) is 0 Å². The molecule has 0 aromatic heterocycles. The third-order valence-corrected chi connectivity index (χ3v) is 6.36. The van der Waals surface area contributed by atoms with E-state index in [0.717, 1.165) is 16.8 Å². The predicted molar refractivity (Wildman–Crippen MR) is 150 cm³/mol. The third-order valence-electron chi connectivity index (χ3n) is 6.03. The maximum absolute atomic E-state index is 13.6. The molecule has 0 radical (unpaired) electrons. The highest BCUT2D eigenvalue weighted by molar-refractivity contribution is 6.34. The van der Waals surface area contributed by atoms with Gasteiger partial charge in [0.15, 0.2) is 0 Å². The smallest absolute Gasteiger partial charge is 0.257 e. The average Bonchev–Trinajstić information content (AvgIpc) is 2.81. The van der Waals surface area contributed by atoms with Crippen LogP contribution in [0.1, 0.15) is 61.6 Å². The third kappa shape index (κ3) is 7.11. The summed E-state index contributed by atoms with van der Waals surface area (Å²) in [6, 6.07) is 22.7. The number of anilines is 2. The van der Waals surface area contributed by atoms with E-state index in [1.54, 1.807) is 24.3 Å². The number of halogens is 1. The highest BCUT2D eigenvalue weighted by atomic mass is 35.5. The van der Waals surface area contributed by atoms with Gasteiger partial charge in [-0.3, -0.25) is 9.59 Å². The van der Waals surface area contributed by atoms with Crippen LogP contribution < -0.4 is 10.2 Å². The van der Waals surface area contributed by atoms with Gasteiger partial charge in [0, 0.05) is 38.4 Å². The van der Waals surface area contributed by atoms with E-state index in [1.165, 1.54) is 0 Å². The topological polar surface area (TPSA) is 52.7 Å². The van der Waals surface area contributed by atoms with Crippen molar-refractivity contribution in [3.05, 3.63) is 94.5 Å². The molecule has 2 amide bonds. The Morgan fingerprint density at radius 1 is 0.944 bits per heavy atom. The summed E-state index contributed by atoms with van der Waals surface area (Å²) in [5.74, 6) is -0.184. The second-order valence-corrected chi connectivity index (χ2v) is 10.9. The summed E-state index contributed by atoms with van der Waals surface area (Å²) in [4.78, 5) is 30.4. The van der Waals surface area contributed by atoms with Crippen LogP contribution in [0.4, 0.5) is 11.4 Å². The number of nitrogens with zero attached hydrogens (tertiary/aromatic N) is 2. The Morgan fingerprint density at radius 3 is 2.19 bits per heavy atom. The van der Waals surface area contributed by atoms with Crippen LogP contribution >= 0.6 is 11.6 Å². The normalized spacial score (nSPS) is 12.1. The zero-order chi connectivity index (χ0) is 26.5. The first-order valence-corrected chi connectivity index (χ1v) is 12.5. The van der Waals surface area contributed by atoms with E-state index in [4.69, 9.17) is 11.6 Å². The molecule has 36 heavy (non-hydrogen) atoms. The summed E-state index contributed by atoms with van der Waals surface area (Å²) in [6.45, 7) is 8.70. The minimum atomic E-state index is -0.275. The average molecular weight is 506 g/mol. The van der Waals surface area contributed by atoms with Crippen molar-refractivity contribution in [2.45, 2.75) is 46.7 Å². The number of benzene rings is 3. The van der Waals surface area contributed by atoms with Crippen LogP contribution in [-0.4, -0.2) is 30.8 Å². The van der Waals surface area contributed by atoms with Crippen LogP contribution in [-0.2, 0) is 11.3 Å². The highest BCUT2D eigenvalue weighted by Gasteiger charge is 2.27. The van der Waals surface area contributed by atoms with Crippen molar-refractivity contribution >= 4 is 34.8 Å². The Morgan fingerprint density at radius 2 is 1.58 bits per heavy atom. The Labute approximate surface area is 220 Å². The minimum Gasteiger partial charge on any atom is -0.377 e. The van der Waals surface area contributed by atoms with Crippen molar-refractivity contribution in [2.24, 2.45) is 5.41 Å². The molecule has 0 saturated heterocycles. The largest absolute Gasteiger partial charge is 0.377 e. The van der Waals surface area contributed by atoms with Crippen molar-refractivity contribution in [1.82, 2.24) is 4.90 Å². The molecule has 0 aliphatic carbocycles. The molecular weight excluding hydrogens is 470 g/mol. The maximum Gasteiger partial charge on any atom is 0.257 e. The van der Waals surface area contributed by atoms with E-state index < -0.39 is 0 Å². The summed E-state index contributed by atoms with van der Waals surface area (Å²) >= 11 is 6.22. The number of hydrogen-bond donors (Lipinski definition) is 1. The van der Waals surface area contributed by atoms with Crippen LogP contribution in [0, 0.1) is 5.41 Å². The molecule has 0 heterocycles. The van der Waals surface area contributed by atoms with Crippen LogP contribution in [0.15, 0.2) is 72.8 Å². The molecule has 0 saturated carbocycles. The molecule has 3 aromatic rings. The summed E-state index contributed by atoms with van der Waals surface area (Å²) in [5, 5.41) is 3.36. The van der Waals surface area contributed by atoms with E-state index in [2.05, 4.69) is 45.1 Å². The van der Waals surface area contributed by atoms with E-state index in [1.807, 2.05) is 60.3 Å². The molecular formula is C30H36ClN3O2. The molecule has 1 unspecified atom stereocenters. The molecule has 0 fully saturated rings. The standard InChI is InChI=1S/C30H36ClN3O2/c1-21(22-12-8-7-9-13-22)34(28(35)19-30(2,3)4)20-23-18-24(16-17-27(23)33(5)6)32-29(36)25-14-10-11-15-26(25)31/h7-18,21H,19-20H2,1-6H3,(H,32,36). The van der Waals surface area contributed by atoms with E-state index >= 15 is 0 Å². The van der Waals surface area contributed by atoms with Gasteiger partial charge in [-0.25, -0.2) is 0 Å². The van der Waals surface area contributed by atoms with Crippen LogP contribution in [0.25, 0.3) is 0 Å². The Bertz CT molecular complexity index is 1200. The highest BCUT2D eigenvalue weighted by Crippen LogP contribution is 2.31. The quantitative estimate of drug-likeness (QED) is 0.352. The van der Waals surface area contributed by atoms with Gasteiger partial charge < -0.3 is 15.1 Å².